The predicted molar refractivity (Wildman–Crippen MR) is 52.3 cm³/mol. The molecule has 0 spiro atoms. The Balaban J connectivity index is 0.00000196. The van der Waals surface area contributed by atoms with Gasteiger partial charge in [-0.15, -0.1) is 0 Å². The summed E-state index contributed by atoms with van der Waals surface area (Å²) < 4.78 is 30.5. The van der Waals surface area contributed by atoms with Crippen molar-refractivity contribution in [2.75, 3.05) is 19.5 Å². The summed E-state index contributed by atoms with van der Waals surface area (Å²) in [5, 5.41) is 0. The molecule has 0 aromatic heterocycles. The number of hydrogen-bond acceptors (Lipinski definition) is 4. The van der Waals surface area contributed by atoms with Crippen LogP contribution in [0, 0.1) is 0 Å². The average Bonchev–Trinajstić information content (AvgIpc) is 2.18. The molecule has 1 aromatic rings. The smallest absolute Gasteiger partial charge is 0.772 e. The number of ether oxygens (including phenoxy) is 2. The van der Waals surface area contributed by atoms with Crippen LogP contribution in [0.15, 0.2) is 24.3 Å². The summed E-state index contributed by atoms with van der Waals surface area (Å²) in [5.41, 5.74) is 0. The number of methoxy groups -OCH3 is 1. The van der Waals surface area contributed by atoms with Crippen LogP contribution in [0.3, 0.4) is 0 Å². The molecule has 0 N–H and O–H groups in total. The SMILES string of the molecule is COc1ccc(OCCS(=O)[O-])cc1.[Na+]. The molecular weight excluding hydrogens is 227 g/mol. The van der Waals surface area contributed by atoms with E-state index >= 15 is 0 Å². The van der Waals surface area contributed by atoms with Crippen molar-refractivity contribution in [2.45, 2.75) is 0 Å². The summed E-state index contributed by atoms with van der Waals surface area (Å²) in [4.78, 5) is 0. The summed E-state index contributed by atoms with van der Waals surface area (Å²) in [6.07, 6.45) is 0. The van der Waals surface area contributed by atoms with Gasteiger partial charge in [0.2, 0.25) is 0 Å². The number of hydrogen-bond donors (Lipinski definition) is 0. The van der Waals surface area contributed by atoms with Crippen LogP contribution in [0.25, 0.3) is 0 Å². The van der Waals surface area contributed by atoms with Crippen LogP contribution >= 0.6 is 0 Å². The third-order valence-electron chi connectivity index (χ3n) is 1.58. The largest absolute Gasteiger partial charge is 1.00 e. The van der Waals surface area contributed by atoms with Gasteiger partial charge in [-0.25, -0.2) is 0 Å². The summed E-state index contributed by atoms with van der Waals surface area (Å²) in [6.45, 7) is 0.169. The van der Waals surface area contributed by atoms with Gasteiger partial charge < -0.3 is 14.0 Å². The fraction of sp³-hybridized carbons (Fsp3) is 0.333. The average molecular weight is 238 g/mol. The second kappa shape index (κ2) is 8.13. The van der Waals surface area contributed by atoms with E-state index in [1.165, 1.54) is 0 Å². The molecule has 0 saturated carbocycles. The van der Waals surface area contributed by atoms with Crippen LogP contribution in [0.5, 0.6) is 11.5 Å². The molecule has 1 aromatic carbocycles. The molecule has 0 heterocycles. The Morgan fingerprint density at radius 1 is 1.27 bits per heavy atom. The van der Waals surface area contributed by atoms with Gasteiger partial charge in [-0.1, -0.05) is 11.1 Å². The maximum absolute atomic E-state index is 10.2. The van der Waals surface area contributed by atoms with Crippen LogP contribution in [0.1, 0.15) is 0 Å². The first-order valence-electron chi connectivity index (χ1n) is 4.05. The Morgan fingerprint density at radius 3 is 2.27 bits per heavy atom. The van der Waals surface area contributed by atoms with Crippen LogP contribution in [0.2, 0.25) is 0 Å². The Labute approximate surface area is 114 Å². The van der Waals surface area contributed by atoms with Crippen LogP contribution in [-0.4, -0.2) is 28.2 Å². The van der Waals surface area contributed by atoms with Crippen molar-refractivity contribution in [1.82, 2.24) is 0 Å². The van der Waals surface area contributed by atoms with Crippen molar-refractivity contribution in [1.29, 1.82) is 0 Å². The van der Waals surface area contributed by atoms with Gasteiger partial charge in [0.15, 0.2) is 0 Å². The molecule has 0 aliphatic heterocycles. The standard InChI is InChI=1S/C9H12O4S.Na/c1-12-8-2-4-9(5-3-8)13-6-7-14(10)11;/h2-5H,6-7H2,1H3,(H,10,11);/q;+1/p-1. The van der Waals surface area contributed by atoms with Crippen molar-refractivity contribution in [2.24, 2.45) is 0 Å². The Kier molecular flexibility index (Phi) is 8.09. The van der Waals surface area contributed by atoms with E-state index in [2.05, 4.69) is 0 Å². The third kappa shape index (κ3) is 6.17. The molecule has 0 fully saturated rings. The van der Waals surface area contributed by atoms with E-state index in [4.69, 9.17) is 9.47 Å². The molecule has 0 saturated heterocycles. The zero-order valence-electron chi connectivity index (χ0n) is 8.76. The summed E-state index contributed by atoms with van der Waals surface area (Å²) in [5.74, 6) is 1.38. The zero-order valence-corrected chi connectivity index (χ0v) is 11.6. The number of benzene rings is 1. The maximum atomic E-state index is 10.2. The van der Waals surface area contributed by atoms with Crippen molar-refractivity contribution >= 4 is 11.1 Å². The first-order valence-corrected chi connectivity index (χ1v) is 5.29. The molecule has 78 valence electrons. The van der Waals surface area contributed by atoms with Gasteiger partial charge in [0.05, 0.1) is 13.7 Å². The van der Waals surface area contributed by atoms with Gasteiger partial charge in [-0.3, -0.25) is 4.21 Å². The molecule has 1 atom stereocenters. The minimum atomic E-state index is -2.04. The van der Waals surface area contributed by atoms with E-state index in [0.717, 1.165) is 5.75 Å². The van der Waals surface area contributed by atoms with Crippen molar-refractivity contribution in [3.8, 4) is 11.5 Å². The van der Waals surface area contributed by atoms with Crippen molar-refractivity contribution in [3.05, 3.63) is 24.3 Å². The summed E-state index contributed by atoms with van der Waals surface area (Å²) >= 11 is -2.04. The van der Waals surface area contributed by atoms with E-state index < -0.39 is 11.1 Å². The maximum Gasteiger partial charge on any atom is 1.00 e. The van der Waals surface area contributed by atoms with Gasteiger partial charge in [0.1, 0.15) is 11.5 Å². The normalized spacial score (nSPS) is 11.3. The van der Waals surface area contributed by atoms with E-state index in [0.29, 0.717) is 5.75 Å². The fourth-order valence-corrected chi connectivity index (χ4v) is 1.12. The summed E-state index contributed by atoms with van der Waals surface area (Å²) in [7, 11) is 1.58. The van der Waals surface area contributed by atoms with Gasteiger partial charge in [-0.2, -0.15) is 0 Å². The van der Waals surface area contributed by atoms with Crippen molar-refractivity contribution in [3.63, 3.8) is 0 Å². The Bertz CT molecular complexity index is 301. The topological polar surface area (TPSA) is 58.6 Å². The molecule has 0 bridgehead atoms. The quantitative estimate of drug-likeness (QED) is 0.438. The van der Waals surface area contributed by atoms with Crippen LogP contribution < -0.4 is 39.0 Å². The molecular formula is C9H11NaO4S. The third-order valence-corrected chi connectivity index (χ3v) is 2.08. The second-order valence-electron chi connectivity index (χ2n) is 2.53. The molecule has 1 unspecified atom stereocenters. The predicted octanol–water partition coefficient (Wildman–Crippen LogP) is -2.04. The first kappa shape index (κ1) is 14.9. The van der Waals surface area contributed by atoms with Crippen LogP contribution in [0.4, 0.5) is 0 Å². The molecule has 6 heteroatoms. The number of rotatable bonds is 5. The monoisotopic (exact) mass is 238 g/mol. The molecule has 0 amide bonds. The van der Waals surface area contributed by atoms with Gasteiger partial charge >= 0.3 is 29.6 Å². The van der Waals surface area contributed by atoms with Gasteiger partial charge in [-0.05, 0) is 24.3 Å². The molecule has 4 nitrogen and oxygen atoms in total. The first-order chi connectivity index (χ1) is 6.72. The zero-order chi connectivity index (χ0) is 10.4. The minimum Gasteiger partial charge on any atom is -0.772 e. The van der Waals surface area contributed by atoms with Gasteiger partial charge in [0.25, 0.3) is 0 Å². The molecule has 0 radical (unpaired) electrons. The molecule has 0 aliphatic rings. The molecule has 1 rings (SSSR count). The second-order valence-corrected chi connectivity index (χ2v) is 3.55. The van der Waals surface area contributed by atoms with Gasteiger partial charge in [0, 0.05) is 5.75 Å². The minimum absolute atomic E-state index is 0. The van der Waals surface area contributed by atoms with E-state index in [1.54, 1.807) is 31.4 Å². The Hall–Kier alpha value is -0.0700. The van der Waals surface area contributed by atoms with E-state index in [1.807, 2.05) is 0 Å². The van der Waals surface area contributed by atoms with Crippen LogP contribution in [-0.2, 0) is 11.1 Å². The van der Waals surface area contributed by atoms with Crippen molar-refractivity contribution < 1.29 is 47.8 Å². The Morgan fingerprint density at radius 2 is 1.80 bits per heavy atom. The summed E-state index contributed by atoms with van der Waals surface area (Å²) in [6, 6.07) is 6.96. The molecule has 0 aliphatic carbocycles. The molecule has 15 heavy (non-hydrogen) atoms. The van der Waals surface area contributed by atoms with E-state index in [-0.39, 0.29) is 41.9 Å². The fourth-order valence-electron chi connectivity index (χ4n) is 0.900. The van der Waals surface area contributed by atoms with E-state index in [9.17, 15) is 8.76 Å².